The van der Waals surface area contributed by atoms with Crippen LogP contribution in [-0.2, 0) is 13.0 Å². The van der Waals surface area contributed by atoms with E-state index in [0.717, 1.165) is 37.2 Å². The highest BCUT2D eigenvalue weighted by Crippen LogP contribution is 2.28. The number of amides is 1. The average molecular weight is 349 g/mol. The third-order valence-electron chi connectivity index (χ3n) is 4.38. The Labute approximate surface area is 146 Å². The van der Waals surface area contributed by atoms with Gasteiger partial charge in [-0.1, -0.05) is 19.8 Å². The van der Waals surface area contributed by atoms with Gasteiger partial charge in [0.25, 0.3) is 5.91 Å². The molecule has 0 aromatic carbocycles. The van der Waals surface area contributed by atoms with Crippen molar-refractivity contribution in [2.75, 3.05) is 0 Å². The molecule has 2 aromatic rings. The Bertz CT molecular complexity index is 656. The number of nitrogens with zero attached hydrogens (tertiary/aromatic N) is 2. The summed E-state index contributed by atoms with van der Waals surface area (Å²) in [5.41, 5.74) is 0.638. The first kappa shape index (κ1) is 16.7. The zero-order valence-corrected chi connectivity index (χ0v) is 15.5. The molecule has 3 rings (SSSR count). The lowest BCUT2D eigenvalue weighted by molar-refractivity contribution is 0.0661. The number of aryl methyl sites for hydroxylation is 2. The third kappa shape index (κ3) is 4.01. The van der Waals surface area contributed by atoms with Gasteiger partial charge in [-0.15, -0.1) is 22.7 Å². The van der Waals surface area contributed by atoms with Crippen LogP contribution in [0.15, 0.2) is 17.5 Å². The fourth-order valence-electron chi connectivity index (χ4n) is 3.21. The van der Waals surface area contributed by atoms with Crippen LogP contribution in [0.5, 0.6) is 0 Å². The SMILES string of the molecule is CCCc1nc(C(=O)N(Cc2ccc(C)s2)C2CCCC2)cs1. The Kier molecular flexibility index (Phi) is 5.49. The molecule has 2 heterocycles. The highest BCUT2D eigenvalue weighted by atomic mass is 32.1. The Morgan fingerprint density at radius 3 is 2.78 bits per heavy atom. The summed E-state index contributed by atoms with van der Waals surface area (Å²) in [7, 11) is 0. The summed E-state index contributed by atoms with van der Waals surface area (Å²) < 4.78 is 0. The van der Waals surface area contributed by atoms with Crippen molar-refractivity contribution in [1.29, 1.82) is 0 Å². The van der Waals surface area contributed by atoms with Crippen LogP contribution in [0.25, 0.3) is 0 Å². The average Bonchev–Trinajstić information content (AvgIpc) is 3.26. The van der Waals surface area contributed by atoms with Crippen LogP contribution in [0, 0.1) is 6.92 Å². The molecule has 1 saturated carbocycles. The third-order valence-corrected chi connectivity index (χ3v) is 6.28. The number of carbonyl (C=O) groups is 1. The molecule has 1 fully saturated rings. The van der Waals surface area contributed by atoms with E-state index >= 15 is 0 Å². The molecule has 1 amide bonds. The second-order valence-electron chi connectivity index (χ2n) is 6.26. The van der Waals surface area contributed by atoms with E-state index in [2.05, 4.69) is 35.9 Å². The van der Waals surface area contributed by atoms with Crippen LogP contribution in [0.1, 0.15) is 64.3 Å². The smallest absolute Gasteiger partial charge is 0.273 e. The predicted octanol–water partition coefficient (Wildman–Crippen LogP) is 5.05. The molecule has 0 bridgehead atoms. The zero-order chi connectivity index (χ0) is 16.2. The summed E-state index contributed by atoms with van der Waals surface area (Å²) in [6.07, 6.45) is 6.75. The molecule has 0 saturated heterocycles. The van der Waals surface area contributed by atoms with Crippen molar-refractivity contribution in [1.82, 2.24) is 9.88 Å². The fourth-order valence-corrected chi connectivity index (χ4v) is 4.97. The second-order valence-corrected chi connectivity index (χ2v) is 8.58. The molecule has 1 aliphatic carbocycles. The van der Waals surface area contributed by atoms with E-state index < -0.39 is 0 Å². The highest BCUT2D eigenvalue weighted by molar-refractivity contribution is 7.11. The number of aromatic nitrogens is 1. The van der Waals surface area contributed by atoms with Gasteiger partial charge in [-0.3, -0.25) is 4.79 Å². The van der Waals surface area contributed by atoms with Crippen molar-refractivity contribution < 1.29 is 4.79 Å². The molecule has 0 aliphatic heterocycles. The molecule has 23 heavy (non-hydrogen) atoms. The van der Waals surface area contributed by atoms with Crippen molar-refractivity contribution in [3.63, 3.8) is 0 Å². The van der Waals surface area contributed by atoms with Crippen LogP contribution in [0.3, 0.4) is 0 Å². The molecule has 2 aromatic heterocycles. The molecule has 5 heteroatoms. The Hall–Kier alpha value is -1.20. The first-order valence-electron chi connectivity index (χ1n) is 8.48. The molecular formula is C18H24N2OS2. The van der Waals surface area contributed by atoms with Crippen molar-refractivity contribution in [3.8, 4) is 0 Å². The molecule has 124 valence electrons. The van der Waals surface area contributed by atoms with Gasteiger partial charge in [0.15, 0.2) is 0 Å². The van der Waals surface area contributed by atoms with Gasteiger partial charge in [0.2, 0.25) is 0 Å². The Morgan fingerprint density at radius 1 is 1.35 bits per heavy atom. The van der Waals surface area contributed by atoms with Crippen molar-refractivity contribution in [3.05, 3.63) is 38.0 Å². The topological polar surface area (TPSA) is 33.2 Å². The number of carbonyl (C=O) groups excluding carboxylic acids is 1. The van der Waals surface area contributed by atoms with Crippen LogP contribution in [0.4, 0.5) is 0 Å². The Balaban J connectivity index is 1.79. The van der Waals surface area contributed by atoms with Gasteiger partial charge in [-0.25, -0.2) is 4.98 Å². The maximum absolute atomic E-state index is 13.0. The monoisotopic (exact) mass is 348 g/mol. The molecule has 0 N–H and O–H groups in total. The van der Waals surface area contributed by atoms with E-state index in [1.807, 2.05) is 5.38 Å². The number of thiophene rings is 1. The van der Waals surface area contributed by atoms with E-state index in [1.54, 1.807) is 22.7 Å². The van der Waals surface area contributed by atoms with Gasteiger partial charge in [0, 0.05) is 21.2 Å². The van der Waals surface area contributed by atoms with Crippen LogP contribution in [-0.4, -0.2) is 21.8 Å². The van der Waals surface area contributed by atoms with Gasteiger partial charge in [-0.05, 0) is 44.7 Å². The summed E-state index contributed by atoms with van der Waals surface area (Å²) in [6.45, 7) is 4.99. The van der Waals surface area contributed by atoms with Crippen molar-refractivity contribution in [2.24, 2.45) is 0 Å². The molecule has 0 atom stereocenters. The van der Waals surface area contributed by atoms with E-state index in [4.69, 9.17) is 0 Å². The van der Waals surface area contributed by atoms with Crippen LogP contribution >= 0.6 is 22.7 Å². The molecule has 0 spiro atoms. The molecular weight excluding hydrogens is 324 g/mol. The molecule has 3 nitrogen and oxygen atoms in total. The molecule has 1 aliphatic rings. The van der Waals surface area contributed by atoms with E-state index in [0.29, 0.717) is 11.7 Å². The summed E-state index contributed by atoms with van der Waals surface area (Å²) in [4.78, 5) is 22.3. The lowest BCUT2D eigenvalue weighted by atomic mass is 10.2. The minimum atomic E-state index is 0.113. The first-order valence-corrected chi connectivity index (χ1v) is 10.2. The number of hydrogen-bond donors (Lipinski definition) is 0. The lowest BCUT2D eigenvalue weighted by Crippen LogP contribution is -2.38. The number of rotatable bonds is 6. The van der Waals surface area contributed by atoms with Gasteiger partial charge >= 0.3 is 0 Å². The van der Waals surface area contributed by atoms with Crippen molar-refractivity contribution in [2.45, 2.75) is 65.0 Å². The normalized spacial score (nSPS) is 15.2. The summed E-state index contributed by atoms with van der Waals surface area (Å²) in [5.74, 6) is 0.113. The van der Waals surface area contributed by atoms with Crippen LogP contribution in [0.2, 0.25) is 0 Å². The van der Waals surface area contributed by atoms with Gasteiger partial charge in [0.05, 0.1) is 11.6 Å². The molecule has 0 unspecified atom stereocenters. The maximum Gasteiger partial charge on any atom is 0.273 e. The fraction of sp³-hybridized carbons (Fsp3) is 0.556. The van der Waals surface area contributed by atoms with E-state index in [1.165, 1.54) is 22.6 Å². The van der Waals surface area contributed by atoms with Crippen molar-refractivity contribution >= 4 is 28.6 Å². The minimum Gasteiger partial charge on any atom is -0.329 e. The van der Waals surface area contributed by atoms with Gasteiger partial charge < -0.3 is 4.90 Å². The Morgan fingerprint density at radius 2 is 2.13 bits per heavy atom. The molecule has 0 radical (unpaired) electrons. The van der Waals surface area contributed by atoms with E-state index in [9.17, 15) is 4.79 Å². The lowest BCUT2D eigenvalue weighted by Gasteiger charge is -2.28. The quantitative estimate of drug-likeness (QED) is 0.732. The summed E-state index contributed by atoms with van der Waals surface area (Å²) >= 11 is 3.41. The zero-order valence-electron chi connectivity index (χ0n) is 13.9. The number of hydrogen-bond acceptors (Lipinski definition) is 4. The van der Waals surface area contributed by atoms with Crippen LogP contribution < -0.4 is 0 Å². The number of thiazole rings is 1. The first-order chi connectivity index (χ1) is 11.2. The van der Waals surface area contributed by atoms with Gasteiger partial charge in [0.1, 0.15) is 5.69 Å². The van der Waals surface area contributed by atoms with Gasteiger partial charge in [-0.2, -0.15) is 0 Å². The second kappa shape index (κ2) is 7.58. The summed E-state index contributed by atoms with van der Waals surface area (Å²) in [6, 6.07) is 4.67. The predicted molar refractivity (Wildman–Crippen MR) is 97.3 cm³/mol. The maximum atomic E-state index is 13.0. The largest absolute Gasteiger partial charge is 0.329 e. The standard InChI is InChI=1S/C18H24N2OS2/c1-3-6-17-19-16(12-22-17)18(21)20(14-7-4-5-8-14)11-15-10-9-13(2)23-15/h9-10,12,14H,3-8,11H2,1-2H3. The minimum absolute atomic E-state index is 0.113. The summed E-state index contributed by atoms with van der Waals surface area (Å²) in [5, 5.41) is 3.02. The highest BCUT2D eigenvalue weighted by Gasteiger charge is 2.29. The van der Waals surface area contributed by atoms with E-state index in [-0.39, 0.29) is 5.91 Å².